The fourth-order valence-corrected chi connectivity index (χ4v) is 3.05. The van der Waals surface area contributed by atoms with Gasteiger partial charge in [0.2, 0.25) is 0 Å². The lowest BCUT2D eigenvalue weighted by molar-refractivity contribution is 0.0652. The Morgan fingerprint density at radius 1 is 1.08 bits per heavy atom. The van der Waals surface area contributed by atoms with Crippen molar-refractivity contribution >= 4 is 17.5 Å². The molecule has 0 spiro atoms. The summed E-state index contributed by atoms with van der Waals surface area (Å²) in [5, 5.41) is 4.35. The van der Waals surface area contributed by atoms with Crippen LogP contribution in [0.15, 0.2) is 42.7 Å². The lowest BCUT2D eigenvalue weighted by Gasteiger charge is -2.13. The second-order valence-corrected chi connectivity index (χ2v) is 5.96. The number of carbonyl (C=O) groups excluding carboxylic acids is 2. The highest BCUT2D eigenvalue weighted by atomic mass is 16.2. The summed E-state index contributed by atoms with van der Waals surface area (Å²) in [5.74, 6) is -0.404. The third kappa shape index (κ3) is 2.36. The van der Waals surface area contributed by atoms with Gasteiger partial charge in [0, 0.05) is 25.0 Å². The maximum Gasteiger partial charge on any atom is 0.261 e. The largest absolute Gasteiger partial charge is 0.274 e. The van der Waals surface area contributed by atoms with Gasteiger partial charge in [0.25, 0.3) is 11.8 Å². The van der Waals surface area contributed by atoms with E-state index >= 15 is 0 Å². The van der Waals surface area contributed by atoms with Crippen molar-refractivity contribution in [2.24, 2.45) is 0 Å². The van der Waals surface area contributed by atoms with Crippen molar-refractivity contribution in [2.75, 3.05) is 6.54 Å². The number of benzene rings is 1. The second kappa shape index (κ2) is 5.56. The number of fused-ring (bicyclic) bond motifs is 2. The smallest absolute Gasteiger partial charge is 0.261 e. The van der Waals surface area contributed by atoms with E-state index in [1.807, 2.05) is 25.4 Å². The fourth-order valence-electron chi connectivity index (χ4n) is 3.05. The highest BCUT2D eigenvalue weighted by molar-refractivity contribution is 6.21. The Bertz CT molecular complexity index is 926. The van der Waals surface area contributed by atoms with Crippen LogP contribution >= 0.6 is 0 Å². The van der Waals surface area contributed by atoms with Gasteiger partial charge in [-0.2, -0.15) is 5.10 Å². The molecule has 0 radical (unpaired) electrons. The van der Waals surface area contributed by atoms with E-state index in [1.165, 1.54) is 4.90 Å². The first-order valence-corrected chi connectivity index (χ1v) is 7.89. The molecule has 0 bridgehead atoms. The zero-order valence-electron chi connectivity index (χ0n) is 13.3. The zero-order valence-corrected chi connectivity index (χ0v) is 13.3. The number of hydrogen-bond acceptors (Lipinski definition) is 4. The predicted octanol–water partition coefficient (Wildman–Crippen LogP) is 2.27. The summed E-state index contributed by atoms with van der Waals surface area (Å²) >= 11 is 0. The van der Waals surface area contributed by atoms with Crippen molar-refractivity contribution in [1.29, 1.82) is 0 Å². The number of aryl methyl sites for hydroxylation is 2. The maximum atomic E-state index is 12.3. The number of aromatic nitrogens is 3. The second-order valence-electron chi connectivity index (χ2n) is 5.96. The van der Waals surface area contributed by atoms with Crippen LogP contribution in [0.3, 0.4) is 0 Å². The Hall–Kier alpha value is -3.02. The van der Waals surface area contributed by atoms with Crippen LogP contribution in [0.25, 0.3) is 5.65 Å². The maximum absolute atomic E-state index is 12.3. The molecule has 2 aromatic heterocycles. The van der Waals surface area contributed by atoms with Crippen LogP contribution in [0.1, 0.15) is 38.4 Å². The standard InChI is InChI=1S/C18H16N4O2/c1-12-9-16-19-10-13(11-22(16)20-12)5-4-8-21-17(23)14-6-2-3-7-15(14)18(21)24/h2-3,6-7,9-11H,4-5,8H2,1H3. The molecule has 2 amide bonds. The molecule has 6 heteroatoms. The Morgan fingerprint density at radius 3 is 2.50 bits per heavy atom. The molecule has 0 unspecified atom stereocenters. The SMILES string of the molecule is Cc1cc2ncc(CCCN3C(=O)c4ccccc4C3=O)cn2n1. The Morgan fingerprint density at radius 2 is 1.79 bits per heavy atom. The average molecular weight is 320 g/mol. The molecule has 24 heavy (non-hydrogen) atoms. The molecule has 0 saturated heterocycles. The average Bonchev–Trinajstić information content (AvgIpc) is 3.07. The van der Waals surface area contributed by atoms with Crippen LogP contribution < -0.4 is 0 Å². The van der Waals surface area contributed by atoms with Crippen LogP contribution in [-0.2, 0) is 6.42 Å². The highest BCUT2D eigenvalue weighted by Crippen LogP contribution is 2.22. The summed E-state index contributed by atoms with van der Waals surface area (Å²) in [7, 11) is 0. The summed E-state index contributed by atoms with van der Waals surface area (Å²) in [5.41, 5.74) is 3.76. The van der Waals surface area contributed by atoms with E-state index in [-0.39, 0.29) is 11.8 Å². The molecule has 0 aliphatic carbocycles. The van der Waals surface area contributed by atoms with Crippen LogP contribution in [0.4, 0.5) is 0 Å². The molecule has 3 heterocycles. The first-order chi connectivity index (χ1) is 11.6. The van der Waals surface area contributed by atoms with Crippen molar-refractivity contribution in [1.82, 2.24) is 19.5 Å². The Kier molecular flexibility index (Phi) is 3.37. The lowest BCUT2D eigenvalue weighted by Crippen LogP contribution is -2.31. The van der Waals surface area contributed by atoms with E-state index in [4.69, 9.17) is 0 Å². The van der Waals surface area contributed by atoms with Gasteiger partial charge < -0.3 is 0 Å². The third-order valence-corrected chi connectivity index (χ3v) is 4.21. The van der Waals surface area contributed by atoms with E-state index in [0.717, 1.165) is 23.3 Å². The molecule has 120 valence electrons. The number of rotatable bonds is 4. The minimum absolute atomic E-state index is 0.202. The van der Waals surface area contributed by atoms with Gasteiger partial charge in [-0.15, -0.1) is 0 Å². The van der Waals surface area contributed by atoms with Crippen LogP contribution in [-0.4, -0.2) is 37.9 Å². The van der Waals surface area contributed by atoms with Gasteiger partial charge >= 0.3 is 0 Å². The molecule has 0 fully saturated rings. The van der Waals surface area contributed by atoms with Gasteiger partial charge in [0.05, 0.1) is 16.8 Å². The van der Waals surface area contributed by atoms with Crippen molar-refractivity contribution in [3.63, 3.8) is 0 Å². The first-order valence-electron chi connectivity index (χ1n) is 7.89. The minimum atomic E-state index is -0.202. The van der Waals surface area contributed by atoms with Gasteiger partial charge in [-0.25, -0.2) is 9.50 Å². The van der Waals surface area contributed by atoms with E-state index in [0.29, 0.717) is 24.1 Å². The van der Waals surface area contributed by atoms with Crippen molar-refractivity contribution < 1.29 is 9.59 Å². The van der Waals surface area contributed by atoms with E-state index in [9.17, 15) is 9.59 Å². The predicted molar refractivity (Wildman–Crippen MR) is 87.9 cm³/mol. The topological polar surface area (TPSA) is 67.6 Å². The van der Waals surface area contributed by atoms with Crippen molar-refractivity contribution in [3.05, 3.63) is 65.1 Å². The normalized spacial score (nSPS) is 13.8. The van der Waals surface area contributed by atoms with Crippen LogP contribution in [0.2, 0.25) is 0 Å². The fraction of sp³-hybridized carbons (Fsp3) is 0.222. The third-order valence-electron chi connectivity index (χ3n) is 4.21. The number of amides is 2. The molecule has 0 atom stereocenters. The summed E-state index contributed by atoms with van der Waals surface area (Å²) in [6.07, 6.45) is 5.19. The number of imide groups is 1. The van der Waals surface area contributed by atoms with Crippen molar-refractivity contribution in [3.8, 4) is 0 Å². The summed E-state index contributed by atoms with van der Waals surface area (Å²) < 4.78 is 1.76. The molecule has 3 aromatic rings. The first kappa shape index (κ1) is 14.6. The molecule has 4 rings (SSSR count). The summed E-state index contributed by atoms with van der Waals surface area (Å²) in [6, 6.07) is 8.88. The quantitative estimate of drug-likeness (QED) is 0.692. The van der Waals surface area contributed by atoms with Crippen molar-refractivity contribution in [2.45, 2.75) is 19.8 Å². The zero-order chi connectivity index (χ0) is 16.7. The van der Waals surface area contributed by atoms with Crippen LogP contribution in [0, 0.1) is 6.92 Å². The van der Waals surface area contributed by atoms with E-state index in [1.54, 1.807) is 28.8 Å². The highest BCUT2D eigenvalue weighted by Gasteiger charge is 2.34. The Balaban J connectivity index is 1.44. The summed E-state index contributed by atoms with van der Waals surface area (Å²) in [4.78, 5) is 30.3. The van der Waals surface area contributed by atoms with Gasteiger partial charge in [-0.1, -0.05) is 12.1 Å². The summed E-state index contributed by atoms with van der Waals surface area (Å²) in [6.45, 7) is 2.33. The van der Waals surface area contributed by atoms with Gasteiger partial charge in [-0.05, 0) is 37.5 Å². The Labute approximate surface area is 138 Å². The molecular weight excluding hydrogens is 304 g/mol. The van der Waals surface area contributed by atoms with E-state index < -0.39 is 0 Å². The molecule has 6 nitrogen and oxygen atoms in total. The molecule has 1 aliphatic rings. The molecule has 1 aromatic carbocycles. The molecule has 1 aliphatic heterocycles. The molecular formula is C18H16N4O2. The minimum Gasteiger partial charge on any atom is -0.274 e. The molecule has 0 saturated carbocycles. The number of hydrogen-bond donors (Lipinski definition) is 0. The van der Waals surface area contributed by atoms with E-state index in [2.05, 4.69) is 10.1 Å². The van der Waals surface area contributed by atoms with Crippen LogP contribution in [0.5, 0.6) is 0 Å². The number of nitrogens with zero attached hydrogens (tertiary/aromatic N) is 4. The lowest BCUT2D eigenvalue weighted by atomic mass is 10.1. The molecule has 0 N–H and O–H groups in total. The monoisotopic (exact) mass is 320 g/mol. The number of carbonyl (C=O) groups is 2. The van der Waals surface area contributed by atoms with Gasteiger partial charge in [-0.3, -0.25) is 14.5 Å². The van der Waals surface area contributed by atoms with Gasteiger partial charge in [0.15, 0.2) is 5.65 Å². The van der Waals surface area contributed by atoms with Gasteiger partial charge in [0.1, 0.15) is 0 Å².